The third kappa shape index (κ3) is 6.66. The summed E-state index contributed by atoms with van der Waals surface area (Å²) in [6.45, 7) is 6.01. The van der Waals surface area contributed by atoms with E-state index in [9.17, 15) is 18.0 Å². The Kier molecular flexibility index (Phi) is 8.10. The van der Waals surface area contributed by atoms with Gasteiger partial charge in [-0.25, -0.2) is 9.48 Å². The molecule has 1 aliphatic heterocycles. The fourth-order valence-corrected chi connectivity index (χ4v) is 4.65. The van der Waals surface area contributed by atoms with Gasteiger partial charge in [0.15, 0.2) is 0 Å². The number of fused-ring (bicyclic) bond motifs is 3. The van der Waals surface area contributed by atoms with Crippen LogP contribution in [0.2, 0.25) is 0 Å². The van der Waals surface area contributed by atoms with Crippen molar-refractivity contribution in [2.45, 2.75) is 45.5 Å². The largest absolute Gasteiger partial charge is 0.490 e. The summed E-state index contributed by atoms with van der Waals surface area (Å²) in [4.78, 5) is 27.8. The van der Waals surface area contributed by atoms with Crippen LogP contribution in [0.3, 0.4) is 0 Å². The quantitative estimate of drug-likeness (QED) is 0.342. The van der Waals surface area contributed by atoms with Crippen molar-refractivity contribution >= 4 is 22.8 Å². The number of alkyl halides is 3. The highest BCUT2D eigenvalue weighted by Crippen LogP contribution is 2.28. The fourth-order valence-electron chi connectivity index (χ4n) is 4.65. The first-order chi connectivity index (χ1) is 18.4. The predicted octanol–water partition coefficient (Wildman–Crippen LogP) is 4.64. The van der Waals surface area contributed by atoms with Crippen molar-refractivity contribution in [2.75, 3.05) is 13.6 Å². The van der Waals surface area contributed by atoms with Gasteiger partial charge >= 0.3 is 12.1 Å². The summed E-state index contributed by atoms with van der Waals surface area (Å²) in [5, 5.41) is 16.1. The Hall–Kier alpha value is -4.12. The Morgan fingerprint density at radius 2 is 1.85 bits per heavy atom. The fraction of sp³-hybridized carbons (Fsp3) is 0.321. The number of benzene rings is 2. The van der Waals surface area contributed by atoms with E-state index in [1.807, 2.05) is 67.1 Å². The van der Waals surface area contributed by atoms with E-state index in [1.165, 1.54) is 11.3 Å². The normalized spacial score (nSPS) is 14.3. The number of nitrogens with one attached hydrogen (secondary N) is 2. The van der Waals surface area contributed by atoms with Gasteiger partial charge in [-0.05, 0) is 62.9 Å². The zero-order valence-electron chi connectivity index (χ0n) is 21.8. The molecule has 1 amide bonds. The lowest BCUT2D eigenvalue weighted by molar-refractivity contribution is -0.192. The van der Waals surface area contributed by atoms with Crippen LogP contribution in [-0.2, 0) is 24.2 Å². The van der Waals surface area contributed by atoms with Crippen molar-refractivity contribution in [1.82, 2.24) is 25.0 Å². The van der Waals surface area contributed by atoms with Gasteiger partial charge in [0.05, 0.1) is 11.4 Å². The molecule has 4 aromatic rings. The maximum Gasteiger partial charge on any atom is 0.490 e. The van der Waals surface area contributed by atoms with E-state index < -0.39 is 12.1 Å². The summed E-state index contributed by atoms with van der Waals surface area (Å²) in [6, 6.07) is 18.1. The molecule has 1 aliphatic rings. The maximum atomic E-state index is 13.0. The molecule has 0 bridgehead atoms. The molecule has 0 saturated carbocycles. The number of hydrogen-bond acceptors (Lipinski definition) is 4. The van der Waals surface area contributed by atoms with Gasteiger partial charge in [-0.3, -0.25) is 4.79 Å². The van der Waals surface area contributed by atoms with Gasteiger partial charge in [0.25, 0.3) is 5.91 Å². The second-order valence-corrected chi connectivity index (χ2v) is 9.74. The van der Waals surface area contributed by atoms with Gasteiger partial charge in [0.1, 0.15) is 0 Å². The lowest BCUT2D eigenvalue weighted by atomic mass is 10.0. The number of aromatic nitrogens is 3. The highest BCUT2D eigenvalue weighted by Gasteiger charge is 2.38. The maximum absolute atomic E-state index is 13.0. The summed E-state index contributed by atoms with van der Waals surface area (Å²) in [7, 11) is 2.14. The predicted molar refractivity (Wildman–Crippen MR) is 141 cm³/mol. The van der Waals surface area contributed by atoms with E-state index in [1.54, 1.807) is 0 Å². The monoisotopic (exact) mass is 541 g/mol. The Labute approximate surface area is 223 Å². The van der Waals surface area contributed by atoms with E-state index in [4.69, 9.17) is 9.90 Å². The molecule has 3 N–H and O–H groups in total. The number of halogens is 3. The average Bonchev–Trinajstić information content (AvgIpc) is 3.43. The molecule has 206 valence electrons. The van der Waals surface area contributed by atoms with Gasteiger partial charge in [0, 0.05) is 59.8 Å². The number of aryl methyl sites for hydroxylation is 1. The van der Waals surface area contributed by atoms with E-state index in [-0.39, 0.29) is 11.9 Å². The van der Waals surface area contributed by atoms with Crippen LogP contribution < -0.4 is 5.32 Å². The standard InChI is InChI=1S/C26H29N5O.C2HF3O2/c1-17(13-21-14-18(2)29-31(21)20-7-5-4-6-8-20)27-26(32)19-9-10-24-22(15-19)23-16-30(3)12-11-25(23)28-24;3-2(4,5)1(6)7/h4-10,14-15,17,28H,11-13,16H2,1-3H3,(H,27,32);(H,6,7). The van der Waals surface area contributed by atoms with E-state index in [0.29, 0.717) is 12.0 Å². The van der Waals surface area contributed by atoms with Crippen LogP contribution in [0.15, 0.2) is 54.6 Å². The average molecular weight is 542 g/mol. The van der Waals surface area contributed by atoms with Crippen LogP contribution in [0.1, 0.15) is 39.9 Å². The Balaban J connectivity index is 0.000000448. The van der Waals surface area contributed by atoms with Crippen LogP contribution in [0.5, 0.6) is 0 Å². The Morgan fingerprint density at radius 1 is 1.15 bits per heavy atom. The van der Waals surface area contributed by atoms with Crippen LogP contribution in [0.4, 0.5) is 13.2 Å². The number of amides is 1. The number of carboxylic acid groups (broad SMARTS) is 1. The van der Waals surface area contributed by atoms with Crippen LogP contribution in [0.25, 0.3) is 16.6 Å². The van der Waals surface area contributed by atoms with Gasteiger partial charge in [-0.1, -0.05) is 18.2 Å². The van der Waals surface area contributed by atoms with Crippen molar-refractivity contribution in [1.29, 1.82) is 0 Å². The molecule has 5 rings (SSSR count). The smallest absolute Gasteiger partial charge is 0.475 e. The zero-order chi connectivity index (χ0) is 28.3. The SMILES string of the molecule is Cc1cc(CC(C)NC(=O)c2ccc3[nH]c4c(c3c2)CN(C)CC4)n(-c2ccccc2)n1.O=C(O)C(F)(F)F. The second-order valence-electron chi connectivity index (χ2n) is 9.74. The number of carbonyl (C=O) groups excluding carboxylic acids is 1. The first kappa shape index (κ1) is 27.9. The molecule has 0 aliphatic carbocycles. The summed E-state index contributed by atoms with van der Waals surface area (Å²) >= 11 is 0. The summed E-state index contributed by atoms with van der Waals surface area (Å²) < 4.78 is 33.7. The number of nitrogens with zero attached hydrogens (tertiary/aromatic N) is 3. The van der Waals surface area contributed by atoms with Gasteiger partial charge in [-0.15, -0.1) is 0 Å². The minimum Gasteiger partial charge on any atom is -0.475 e. The number of para-hydroxylation sites is 1. The molecule has 2 aromatic heterocycles. The number of aliphatic carboxylic acids is 1. The molecule has 8 nitrogen and oxygen atoms in total. The highest BCUT2D eigenvalue weighted by atomic mass is 19.4. The van der Waals surface area contributed by atoms with Crippen LogP contribution in [-0.4, -0.2) is 62.5 Å². The molecule has 0 radical (unpaired) electrons. The highest BCUT2D eigenvalue weighted by molar-refractivity contribution is 5.99. The number of aromatic amines is 1. The molecular weight excluding hydrogens is 511 g/mol. The zero-order valence-corrected chi connectivity index (χ0v) is 21.8. The Morgan fingerprint density at radius 3 is 2.51 bits per heavy atom. The number of likely N-dealkylation sites (N-methyl/N-ethyl adjacent to an activating group) is 1. The number of carboxylic acids is 1. The van der Waals surface area contributed by atoms with Crippen molar-refractivity contribution in [3.8, 4) is 5.69 Å². The molecule has 0 spiro atoms. The van der Waals surface area contributed by atoms with Crippen LogP contribution in [0, 0.1) is 6.92 Å². The first-order valence-corrected chi connectivity index (χ1v) is 12.5. The molecule has 39 heavy (non-hydrogen) atoms. The molecule has 11 heteroatoms. The second kappa shape index (κ2) is 11.3. The molecule has 3 heterocycles. The van der Waals surface area contributed by atoms with Crippen molar-refractivity contribution in [3.05, 3.63) is 82.8 Å². The lowest BCUT2D eigenvalue weighted by Gasteiger charge is -2.22. The molecule has 1 unspecified atom stereocenters. The molecule has 0 fully saturated rings. The number of hydrogen-bond donors (Lipinski definition) is 3. The van der Waals surface area contributed by atoms with Gasteiger partial charge < -0.3 is 20.3 Å². The van der Waals surface area contributed by atoms with Crippen molar-refractivity contribution < 1.29 is 27.9 Å². The third-order valence-corrected chi connectivity index (χ3v) is 6.47. The summed E-state index contributed by atoms with van der Waals surface area (Å²) in [5.74, 6) is -2.80. The lowest BCUT2D eigenvalue weighted by Crippen LogP contribution is -2.34. The van der Waals surface area contributed by atoms with Crippen molar-refractivity contribution in [3.63, 3.8) is 0 Å². The van der Waals surface area contributed by atoms with Gasteiger partial charge in [-0.2, -0.15) is 18.3 Å². The third-order valence-electron chi connectivity index (χ3n) is 6.47. The van der Waals surface area contributed by atoms with E-state index in [0.717, 1.165) is 47.5 Å². The minimum absolute atomic E-state index is 0.0250. The summed E-state index contributed by atoms with van der Waals surface area (Å²) in [5.41, 5.74) is 7.51. The molecule has 2 aromatic carbocycles. The number of rotatable bonds is 5. The molecule has 0 saturated heterocycles. The van der Waals surface area contributed by atoms with E-state index >= 15 is 0 Å². The Bertz CT molecular complexity index is 1480. The topological polar surface area (TPSA) is 103 Å². The molecule has 1 atom stereocenters. The van der Waals surface area contributed by atoms with Crippen LogP contribution >= 0.6 is 0 Å². The van der Waals surface area contributed by atoms with Crippen molar-refractivity contribution in [2.24, 2.45) is 0 Å². The minimum atomic E-state index is -5.08. The summed E-state index contributed by atoms with van der Waals surface area (Å²) in [6.07, 6.45) is -3.36. The number of carbonyl (C=O) groups is 2. The molecular formula is C28H30F3N5O3. The van der Waals surface area contributed by atoms with Gasteiger partial charge in [0.2, 0.25) is 0 Å². The first-order valence-electron chi connectivity index (χ1n) is 12.5. The van der Waals surface area contributed by atoms with E-state index in [2.05, 4.69) is 33.4 Å². The number of H-pyrrole nitrogens is 1.